The lowest BCUT2D eigenvalue weighted by Gasteiger charge is -2.38. The van der Waals surface area contributed by atoms with E-state index >= 15 is 0 Å². The van der Waals surface area contributed by atoms with Crippen LogP contribution in [0, 0.1) is 0 Å². The lowest BCUT2D eigenvalue weighted by atomic mass is 9.75. The molecule has 0 aliphatic heterocycles. The van der Waals surface area contributed by atoms with E-state index in [0.29, 0.717) is 5.69 Å². The minimum atomic E-state index is -0.898. The first-order valence-electron chi connectivity index (χ1n) is 15.8. The summed E-state index contributed by atoms with van der Waals surface area (Å²) in [7, 11) is 0. The summed E-state index contributed by atoms with van der Waals surface area (Å²) in [6.07, 6.45) is 11.9. The maximum atomic E-state index is 13.5. The Bertz CT molecular complexity index is 1390. The molecule has 0 fully saturated rings. The summed E-state index contributed by atoms with van der Waals surface area (Å²) < 4.78 is 7.56. The molecular weight excluding hydrogens is 560 g/mol. The molecule has 0 saturated carbocycles. The van der Waals surface area contributed by atoms with Crippen molar-refractivity contribution in [2.45, 2.75) is 97.9 Å². The number of nitrogens with one attached hydrogen (secondary N) is 2. The molecule has 7 heteroatoms. The van der Waals surface area contributed by atoms with Gasteiger partial charge in [-0.2, -0.15) is 0 Å². The van der Waals surface area contributed by atoms with E-state index in [1.165, 1.54) is 0 Å². The summed E-state index contributed by atoms with van der Waals surface area (Å²) in [6.45, 7) is 21.3. The third kappa shape index (κ3) is 9.80. The molecule has 3 rings (SSSR count). The number of carbonyl (C=O) groups is 2. The molecule has 1 aromatic heterocycles. The number of imidazole rings is 1. The fourth-order valence-corrected chi connectivity index (χ4v) is 4.94. The van der Waals surface area contributed by atoms with Crippen molar-refractivity contribution in [3.8, 4) is 0 Å². The lowest BCUT2D eigenvalue weighted by Crippen LogP contribution is -2.54. The fourth-order valence-electron chi connectivity index (χ4n) is 4.94. The topological polar surface area (TPSA) is 85.2 Å². The van der Waals surface area contributed by atoms with Gasteiger partial charge in [-0.05, 0) is 64.7 Å². The van der Waals surface area contributed by atoms with E-state index in [-0.39, 0.29) is 12.3 Å². The van der Waals surface area contributed by atoms with Crippen molar-refractivity contribution in [3.63, 3.8) is 0 Å². The van der Waals surface area contributed by atoms with Crippen molar-refractivity contribution < 1.29 is 14.3 Å². The van der Waals surface area contributed by atoms with Crippen molar-refractivity contribution >= 4 is 12.0 Å². The van der Waals surface area contributed by atoms with Crippen molar-refractivity contribution in [2.24, 2.45) is 0 Å². The number of benzene rings is 2. The van der Waals surface area contributed by atoms with Crippen LogP contribution in [0.5, 0.6) is 0 Å². The quantitative estimate of drug-likeness (QED) is 0.202. The molecule has 3 aromatic rings. The predicted octanol–water partition coefficient (Wildman–Crippen LogP) is 8.13. The Hall–Kier alpha value is -4.39. The molecule has 242 valence electrons. The largest absolute Gasteiger partial charge is 0.444 e. The number of alkyl carbamates (subject to hydrolysis) is 1. The Morgan fingerprint density at radius 2 is 1.53 bits per heavy atom. The molecule has 2 amide bonds. The van der Waals surface area contributed by atoms with Gasteiger partial charge in [-0.1, -0.05) is 112 Å². The van der Waals surface area contributed by atoms with Gasteiger partial charge in [0.1, 0.15) is 17.2 Å². The van der Waals surface area contributed by atoms with Gasteiger partial charge in [-0.25, -0.2) is 9.78 Å². The number of allylic oxidation sites excluding steroid dienone is 5. The number of ether oxygens (including phenoxy) is 1. The van der Waals surface area contributed by atoms with E-state index in [0.717, 1.165) is 23.1 Å². The van der Waals surface area contributed by atoms with Crippen LogP contribution in [0.2, 0.25) is 0 Å². The van der Waals surface area contributed by atoms with Gasteiger partial charge in [-0.15, -0.1) is 0 Å². The second kappa shape index (κ2) is 16.6. The molecule has 1 atom stereocenters. The Labute approximate surface area is 270 Å². The van der Waals surface area contributed by atoms with E-state index < -0.39 is 28.8 Å². The van der Waals surface area contributed by atoms with Crippen LogP contribution in [-0.2, 0) is 21.5 Å². The normalized spacial score (nSPS) is 13.0. The molecule has 45 heavy (non-hydrogen) atoms. The van der Waals surface area contributed by atoms with Crippen LogP contribution in [0.25, 0.3) is 0 Å². The molecule has 1 unspecified atom stereocenters. The third-order valence-electron chi connectivity index (χ3n) is 7.23. The molecule has 0 spiro atoms. The summed E-state index contributed by atoms with van der Waals surface area (Å²) in [5, 5.41) is 5.85. The van der Waals surface area contributed by atoms with Crippen molar-refractivity contribution in [1.82, 2.24) is 20.2 Å². The summed E-state index contributed by atoms with van der Waals surface area (Å²) >= 11 is 0. The maximum Gasteiger partial charge on any atom is 0.408 e. The Morgan fingerprint density at radius 3 is 2.00 bits per heavy atom. The van der Waals surface area contributed by atoms with E-state index in [1.807, 2.05) is 96.3 Å². The van der Waals surface area contributed by atoms with Gasteiger partial charge in [0.2, 0.25) is 5.91 Å². The zero-order valence-corrected chi connectivity index (χ0v) is 28.6. The van der Waals surface area contributed by atoms with E-state index in [4.69, 9.17) is 9.72 Å². The third-order valence-corrected chi connectivity index (χ3v) is 7.23. The number of amides is 2. The highest BCUT2D eigenvalue weighted by Gasteiger charge is 2.39. The van der Waals surface area contributed by atoms with Crippen LogP contribution in [0.3, 0.4) is 0 Å². The van der Waals surface area contributed by atoms with Gasteiger partial charge in [0.25, 0.3) is 0 Å². The van der Waals surface area contributed by atoms with Crippen LogP contribution >= 0.6 is 0 Å². The molecular formula is C38H52N4O3. The van der Waals surface area contributed by atoms with Crippen LogP contribution in [0.15, 0.2) is 110 Å². The number of rotatable bonds is 12. The molecule has 0 aliphatic carbocycles. The number of nitrogens with zero attached hydrogens (tertiary/aromatic N) is 2. The standard InChI is InChI=1S/C36H46N4O3.C2H6/c1-9-18-27(19-10-2)36(28-20-14-12-15-21-28,29-22-16-13-17-23-29)40-25-30(37-26-40)24-31(32(41)39-35(7,8)11-3)38-33(42)43-34(4,5)6;1-2/h9-10,12-23,25-26,31H,1,11,24H2,2-8H3,(H,38,42)(H,39,41);1-2H3/b19-10-,27-18+;. The molecule has 2 aromatic carbocycles. The van der Waals surface area contributed by atoms with E-state index in [2.05, 4.69) is 52.1 Å². The van der Waals surface area contributed by atoms with Gasteiger partial charge in [-0.3, -0.25) is 4.79 Å². The molecule has 2 N–H and O–H groups in total. The minimum Gasteiger partial charge on any atom is -0.444 e. The van der Waals surface area contributed by atoms with E-state index in [9.17, 15) is 9.59 Å². The Morgan fingerprint density at radius 1 is 0.978 bits per heavy atom. The van der Waals surface area contributed by atoms with Gasteiger partial charge >= 0.3 is 6.09 Å². The molecule has 0 bridgehead atoms. The number of carbonyl (C=O) groups excluding carboxylic acids is 2. The van der Waals surface area contributed by atoms with E-state index in [1.54, 1.807) is 33.2 Å². The lowest BCUT2D eigenvalue weighted by molar-refractivity contribution is -0.124. The first-order chi connectivity index (χ1) is 21.4. The highest BCUT2D eigenvalue weighted by Crippen LogP contribution is 2.41. The first-order valence-corrected chi connectivity index (χ1v) is 15.8. The predicted molar refractivity (Wildman–Crippen MR) is 185 cm³/mol. The van der Waals surface area contributed by atoms with Gasteiger partial charge in [0.05, 0.1) is 12.0 Å². The smallest absolute Gasteiger partial charge is 0.408 e. The van der Waals surface area contributed by atoms with Crippen LogP contribution in [0.1, 0.15) is 85.6 Å². The molecule has 1 heterocycles. The van der Waals surface area contributed by atoms with Crippen molar-refractivity contribution in [3.05, 3.63) is 126 Å². The fraction of sp³-hybridized carbons (Fsp3) is 0.395. The number of hydrogen-bond donors (Lipinski definition) is 2. The summed E-state index contributed by atoms with van der Waals surface area (Å²) in [5.41, 5.74) is 1.73. The molecule has 0 aliphatic rings. The summed E-state index contributed by atoms with van der Waals surface area (Å²) in [6, 6.07) is 19.6. The van der Waals surface area contributed by atoms with Gasteiger partial charge in [0, 0.05) is 18.2 Å². The zero-order chi connectivity index (χ0) is 33.7. The number of aromatic nitrogens is 2. The monoisotopic (exact) mass is 612 g/mol. The van der Waals surface area contributed by atoms with Crippen LogP contribution < -0.4 is 10.6 Å². The zero-order valence-electron chi connectivity index (χ0n) is 28.6. The Kier molecular flexibility index (Phi) is 13.6. The minimum absolute atomic E-state index is 0.168. The molecule has 7 nitrogen and oxygen atoms in total. The molecule has 0 saturated heterocycles. The highest BCUT2D eigenvalue weighted by molar-refractivity contribution is 5.86. The van der Waals surface area contributed by atoms with Crippen molar-refractivity contribution in [1.29, 1.82) is 0 Å². The highest BCUT2D eigenvalue weighted by atomic mass is 16.6. The SMILES string of the molecule is C=C/C=C(\C=C/C)C(c1ccccc1)(c1ccccc1)n1cnc(CC(NC(=O)OC(C)(C)C)C(=O)NC(C)(C)CC)c1.CC. The average molecular weight is 613 g/mol. The van der Waals surface area contributed by atoms with Gasteiger partial charge in [0.15, 0.2) is 0 Å². The average Bonchev–Trinajstić information content (AvgIpc) is 3.47. The second-order valence-electron chi connectivity index (χ2n) is 12.2. The summed E-state index contributed by atoms with van der Waals surface area (Å²) in [4.78, 5) is 31.1. The van der Waals surface area contributed by atoms with Crippen LogP contribution in [-0.4, -0.2) is 38.7 Å². The second-order valence-corrected chi connectivity index (χ2v) is 12.2. The number of hydrogen-bond acceptors (Lipinski definition) is 4. The maximum absolute atomic E-state index is 13.5. The first kappa shape index (κ1) is 36.8. The van der Waals surface area contributed by atoms with Crippen molar-refractivity contribution in [2.75, 3.05) is 0 Å². The summed E-state index contributed by atoms with van der Waals surface area (Å²) in [5.74, 6) is -0.300. The Balaban J connectivity index is 0.00000345. The van der Waals surface area contributed by atoms with Crippen LogP contribution in [0.4, 0.5) is 4.79 Å². The molecule has 0 radical (unpaired) electrons. The van der Waals surface area contributed by atoms with Gasteiger partial charge < -0.3 is 19.9 Å².